The van der Waals surface area contributed by atoms with E-state index in [1.54, 1.807) is 17.6 Å². The Kier molecular flexibility index (Phi) is 2.28. The molecule has 64 valence electrons. The third-order valence-electron chi connectivity index (χ3n) is 1.55. The molecule has 0 radical (unpaired) electrons. The van der Waals surface area contributed by atoms with Crippen molar-refractivity contribution in [1.29, 1.82) is 0 Å². The predicted octanol–water partition coefficient (Wildman–Crippen LogP) is 1.08. The highest BCUT2D eigenvalue weighted by Gasteiger charge is 2.12. The van der Waals surface area contributed by atoms with Crippen LogP contribution in [0.3, 0.4) is 0 Å². The van der Waals surface area contributed by atoms with Crippen molar-refractivity contribution in [1.82, 2.24) is 9.55 Å². The van der Waals surface area contributed by atoms with Crippen molar-refractivity contribution >= 4 is 5.97 Å². The number of aromatic carboxylic acids is 1. The molecule has 0 amide bonds. The molecular formula is C8H10N2O2. The van der Waals surface area contributed by atoms with Crippen LogP contribution in [0.25, 0.3) is 0 Å². The molecule has 12 heavy (non-hydrogen) atoms. The topological polar surface area (TPSA) is 55.1 Å². The Balaban J connectivity index is 3.11. The average molecular weight is 166 g/mol. The summed E-state index contributed by atoms with van der Waals surface area (Å²) in [7, 11) is 0. The molecule has 1 N–H and O–H groups in total. The third kappa shape index (κ3) is 1.37. The standard InChI is InChI=1S/C8H10N2O2/c1-3-4-10-5-9-6(2)7(10)8(11)12/h3,5H,1,4H2,2H3,(H,11,12). The summed E-state index contributed by atoms with van der Waals surface area (Å²) in [6.07, 6.45) is 3.13. The van der Waals surface area contributed by atoms with Crippen LogP contribution in [0.1, 0.15) is 16.2 Å². The van der Waals surface area contributed by atoms with Gasteiger partial charge in [-0.2, -0.15) is 0 Å². The Labute approximate surface area is 70.2 Å². The third-order valence-corrected chi connectivity index (χ3v) is 1.55. The normalized spacial score (nSPS) is 9.75. The second-order valence-corrected chi connectivity index (χ2v) is 2.42. The number of allylic oxidation sites excluding steroid dienone is 1. The fourth-order valence-corrected chi connectivity index (χ4v) is 1.04. The summed E-state index contributed by atoms with van der Waals surface area (Å²) in [6, 6.07) is 0. The summed E-state index contributed by atoms with van der Waals surface area (Å²) in [4.78, 5) is 14.6. The van der Waals surface area contributed by atoms with Gasteiger partial charge >= 0.3 is 5.97 Å². The van der Waals surface area contributed by atoms with Crippen LogP contribution in [-0.4, -0.2) is 20.6 Å². The van der Waals surface area contributed by atoms with Gasteiger partial charge in [0.1, 0.15) is 5.69 Å². The average Bonchev–Trinajstić information content (AvgIpc) is 2.32. The number of aryl methyl sites for hydroxylation is 1. The fourth-order valence-electron chi connectivity index (χ4n) is 1.04. The number of rotatable bonds is 3. The Morgan fingerprint density at radius 3 is 3.08 bits per heavy atom. The molecule has 4 heteroatoms. The molecule has 0 aliphatic heterocycles. The first-order valence-corrected chi connectivity index (χ1v) is 3.52. The van der Waals surface area contributed by atoms with Gasteiger partial charge in [-0.25, -0.2) is 9.78 Å². The van der Waals surface area contributed by atoms with E-state index in [1.807, 2.05) is 0 Å². The number of hydrogen-bond donors (Lipinski definition) is 1. The van der Waals surface area contributed by atoms with Gasteiger partial charge in [0.15, 0.2) is 0 Å². The Morgan fingerprint density at radius 1 is 1.92 bits per heavy atom. The Bertz CT molecular complexity index is 315. The monoisotopic (exact) mass is 166 g/mol. The van der Waals surface area contributed by atoms with Gasteiger partial charge in [0, 0.05) is 6.54 Å². The molecule has 4 nitrogen and oxygen atoms in total. The van der Waals surface area contributed by atoms with Crippen molar-refractivity contribution < 1.29 is 9.90 Å². The Hall–Kier alpha value is -1.58. The molecule has 0 aliphatic rings. The summed E-state index contributed by atoms with van der Waals surface area (Å²) in [5.74, 6) is -0.952. The van der Waals surface area contributed by atoms with Crippen molar-refractivity contribution in [2.75, 3.05) is 0 Å². The minimum absolute atomic E-state index is 0.231. The maximum Gasteiger partial charge on any atom is 0.354 e. The van der Waals surface area contributed by atoms with Crippen LogP contribution >= 0.6 is 0 Å². The molecule has 0 atom stereocenters. The van der Waals surface area contributed by atoms with Crippen LogP contribution in [0.2, 0.25) is 0 Å². The number of hydrogen-bond acceptors (Lipinski definition) is 2. The van der Waals surface area contributed by atoms with E-state index in [1.165, 1.54) is 6.33 Å². The van der Waals surface area contributed by atoms with Crippen molar-refractivity contribution in [3.05, 3.63) is 30.4 Å². The number of nitrogens with zero attached hydrogens (tertiary/aromatic N) is 2. The maximum absolute atomic E-state index is 10.7. The van der Waals surface area contributed by atoms with Crippen LogP contribution in [0, 0.1) is 6.92 Å². The quantitative estimate of drug-likeness (QED) is 0.683. The van der Waals surface area contributed by atoms with Crippen molar-refractivity contribution in [2.24, 2.45) is 0 Å². The zero-order valence-corrected chi connectivity index (χ0v) is 6.82. The van der Waals surface area contributed by atoms with Crippen molar-refractivity contribution in [3.63, 3.8) is 0 Å². The number of carbonyl (C=O) groups is 1. The van der Waals surface area contributed by atoms with Gasteiger partial charge in [0.05, 0.1) is 12.0 Å². The van der Waals surface area contributed by atoms with Crippen molar-refractivity contribution in [3.8, 4) is 0 Å². The van der Waals surface area contributed by atoms with Crippen LogP contribution < -0.4 is 0 Å². The molecule has 1 aromatic rings. The fraction of sp³-hybridized carbons (Fsp3) is 0.250. The van der Waals surface area contributed by atoms with E-state index < -0.39 is 5.97 Å². The van der Waals surface area contributed by atoms with Crippen molar-refractivity contribution in [2.45, 2.75) is 13.5 Å². The summed E-state index contributed by atoms with van der Waals surface area (Å²) < 4.78 is 1.55. The molecule has 1 aromatic heterocycles. The molecule has 0 bridgehead atoms. The molecular weight excluding hydrogens is 156 g/mol. The lowest BCUT2D eigenvalue weighted by molar-refractivity contribution is 0.0685. The number of carboxylic acids is 1. The number of imidazole rings is 1. The lowest BCUT2D eigenvalue weighted by Crippen LogP contribution is -2.07. The molecule has 0 spiro atoms. The van der Waals surface area contributed by atoms with E-state index in [9.17, 15) is 4.79 Å². The second-order valence-electron chi connectivity index (χ2n) is 2.42. The van der Waals surface area contributed by atoms with Gasteiger partial charge in [-0.05, 0) is 6.92 Å². The molecule has 0 saturated carbocycles. The van der Waals surface area contributed by atoms with Crippen LogP contribution in [0.4, 0.5) is 0 Å². The number of aromatic nitrogens is 2. The highest BCUT2D eigenvalue weighted by atomic mass is 16.4. The zero-order chi connectivity index (χ0) is 9.14. The number of carboxylic acid groups (broad SMARTS) is 1. The van der Waals surface area contributed by atoms with Gasteiger partial charge in [-0.15, -0.1) is 6.58 Å². The second kappa shape index (κ2) is 3.21. The first-order valence-electron chi connectivity index (χ1n) is 3.52. The first-order chi connectivity index (χ1) is 5.66. The summed E-state index contributed by atoms with van der Waals surface area (Å²) >= 11 is 0. The van der Waals surface area contributed by atoms with E-state index in [-0.39, 0.29) is 5.69 Å². The predicted molar refractivity (Wildman–Crippen MR) is 44.1 cm³/mol. The van der Waals surface area contributed by atoms with E-state index in [4.69, 9.17) is 5.11 Å². The molecule has 0 saturated heterocycles. The molecule has 0 aromatic carbocycles. The van der Waals surface area contributed by atoms with Crippen LogP contribution in [0.15, 0.2) is 19.0 Å². The summed E-state index contributed by atoms with van der Waals surface area (Å²) in [5.41, 5.74) is 0.763. The van der Waals surface area contributed by atoms with Gasteiger partial charge in [0.25, 0.3) is 0 Å². The van der Waals surface area contributed by atoms with Gasteiger partial charge < -0.3 is 9.67 Å². The van der Waals surface area contributed by atoms with E-state index in [2.05, 4.69) is 11.6 Å². The summed E-state index contributed by atoms with van der Waals surface area (Å²) in [5, 5.41) is 8.77. The van der Waals surface area contributed by atoms with E-state index in [0.29, 0.717) is 12.2 Å². The summed E-state index contributed by atoms with van der Waals surface area (Å²) in [6.45, 7) is 5.67. The zero-order valence-electron chi connectivity index (χ0n) is 6.82. The molecule has 0 unspecified atom stereocenters. The highest BCUT2D eigenvalue weighted by Crippen LogP contribution is 2.05. The maximum atomic E-state index is 10.7. The largest absolute Gasteiger partial charge is 0.477 e. The van der Waals surface area contributed by atoms with E-state index >= 15 is 0 Å². The van der Waals surface area contributed by atoms with Crippen LogP contribution in [0.5, 0.6) is 0 Å². The molecule has 0 aliphatic carbocycles. The minimum Gasteiger partial charge on any atom is -0.477 e. The smallest absolute Gasteiger partial charge is 0.354 e. The van der Waals surface area contributed by atoms with Gasteiger partial charge in [-0.1, -0.05) is 6.08 Å². The van der Waals surface area contributed by atoms with E-state index in [0.717, 1.165) is 0 Å². The lowest BCUT2D eigenvalue weighted by atomic mass is 10.3. The van der Waals surface area contributed by atoms with Gasteiger partial charge in [-0.3, -0.25) is 0 Å². The van der Waals surface area contributed by atoms with Crippen LogP contribution in [-0.2, 0) is 6.54 Å². The minimum atomic E-state index is -0.952. The molecule has 1 rings (SSSR count). The first kappa shape index (κ1) is 8.52. The molecule has 1 heterocycles. The molecule has 0 fully saturated rings. The highest BCUT2D eigenvalue weighted by molar-refractivity contribution is 5.86. The van der Waals surface area contributed by atoms with Gasteiger partial charge in [0.2, 0.25) is 0 Å². The SMILES string of the molecule is C=CCn1cnc(C)c1C(=O)O. The Morgan fingerprint density at radius 2 is 2.58 bits per heavy atom. The lowest BCUT2D eigenvalue weighted by Gasteiger charge is -2.00.